The van der Waals surface area contributed by atoms with Gasteiger partial charge in [-0.05, 0) is 23.8 Å². The molecular formula is C17H20ClN3. The van der Waals surface area contributed by atoms with Crippen LogP contribution < -0.4 is 5.32 Å². The third-order valence-electron chi connectivity index (χ3n) is 3.99. The molecule has 1 atom stereocenters. The molecule has 0 bridgehead atoms. The van der Waals surface area contributed by atoms with Gasteiger partial charge < -0.3 is 5.32 Å². The Balaban J connectivity index is 1.89. The summed E-state index contributed by atoms with van der Waals surface area (Å²) in [7, 11) is 0. The molecule has 0 amide bonds. The van der Waals surface area contributed by atoms with E-state index in [2.05, 4.69) is 33.4 Å². The van der Waals surface area contributed by atoms with Gasteiger partial charge in [0.2, 0.25) is 0 Å². The minimum Gasteiger partial charge on any atom is -0.314 e. The molecule has 1 aromatic carbocycles. The Kier molecular flexibility index (Phi) is 4.86. The second-order valence-corrected chi connectivity index (χ2v) is 5.76. The van der Waals surface area contributed by atoms with Gasteiger partial charge in [-0.25, -0.2) is 0 Å². The van der Waals surface area contributed by atoms with Crippen molar-refractivity contribution in [3.05, 3.63) is 64.9 Å². The second kappa shape index (κ2) is 7.03. The van der Waals surface area contributed by atoms with Crippen molar-refractivity contribution in [2.75, 3.05) is 26.2 Å². The van der Waals surface area contributed by atoms with Gasteiger partial charge in [0.1, 0.15) is 0 Å². The summed E-state index contributed by atoms with van der Waals surface area (Å²) in [4.78, 5) is 6.99. The Bertz CT molecular complexity index is 567. The SMILES string of the molecule is Clc1ccccc1C(Cc1ccccn1)N1CCNCC1. The van der Waals surface area contributed by atoms with Gasteiger partial charge in [0, 0.05) is 55.6 Å². The first-order chi connectivity index (χ1) is 10.3. The summed E-state index contributed by atoms with van der Waals surface area (Å²) in [5.41, 5.74) is 2.31. The largest absolute Gasteiger partial charge is 0.314 e. The van der Waals surface area contributed by atoms with Gasteiger partial charge in [0.25, 0.3) is 0 Å². The van der Waals surface area contributed by atoms with Crippen molar-refractivity contribution in [2.45, 2.75) is 12.5 Å². The number of nitrogens with one attached hydrogen (secondary N) is 1. The third kappa shape index (κ3) is 3.62. The predicted molar refractivity (Wildman–Crippen MR) is 86.6 cm³/mol. The number of piperazine rings is 1. The smallest absolute Gasteiger partial charge is 0.0454 e. The molecule has 0 aliphatic carbocycles. The van der Waals surface area contributed by atoms with Crippen LogP contribution >= 0.6 is 11.6 Å². The first kappa shape index (κ1) is 14.5. The van der Waals surface area contributed by atoms with E-state index < -0.39 is 0 Å². The maximum atomic E-state index is 6.44. The molecule has 0 spiro atoms. The van der Waals surface area contributed by atoms with Gasteiger partial charge >= 0.3 is 0 Å². The number of hydrogen-bond acceptors (Lipinski definition) is 3. The Morgan fingerprint density at radius 1 is 1.10 bits per heavy atom. The zero-order chi connectivity index (χ0) is 14.5. The summed E-state index contributed by atoms with van der Waals surface area (Å²) in [5.74, 6) is 0. The number of nitrogens with zero attached hydrogens (tertiary/aromatic N) is 2. The summed E-state index contributed by atoms with van der Waals surface area (Å²) in [5, 5.41) is 4.25. The van der Waals surface area contributed by atoms with Crippen LogP contribution in [0.1, 0.15) is 17.3 Å². The molecule has 0 radical (unpaired) electrons. The van der Waals surface area contributed by atoms with Crippen LogP contribution in [0.15, 0.2) is 48.7 Å². The van der Waals surface area contributed by atoms with Gasteiger partial charge in [0.15, 0.2) is 0 Å². The normalized spacial score (nSPS) is 17.6. The fourth-order valence-corrected chi connectivity index (χ4v) is 3.15. The van der Waals surface area contributed by atoms with Crippen molar-refractivity contribution in [3.8, 4) is 0 Å². The number of hydrogen-bond donors (Lipinski definition) is 1. The van der Waals surface area contributed by atoms with Crippen LogP contribution in [-0.4, -0.2) is 36.1 Å². The van der Waals surface area contributed by atoms with Crippen molar-refractivity contribution in [1.82, 2.24) is 15.2 Å². The Hall–Kier alpha value is -1.42. The van der Waals surface area contributed by atoms with Gasteiger partial charge in [-0.3, -0.25) is 9.88 Å². The van der Waals surface area contributed by atoms with E-state index >= 15 is 0 Å². The number of rotatable bonds is 4. The van der Waals surface area contributed by atoms with Crippen molar-refractivity contribution in [3.63, 3.8) is 0 Å². The highest BCUT2D eigenvalue weighted by Crippen LogP contribution is 2.30. The predicted octanol–water partition coefficient (Wildman–Crippen LogP) is 2.92. The monoisotopic (exact) mass is 301 g/mol. The van der Waals surface area contributed by atoms with Crippen molar-refractivity contribution in [1.29, 1.82) is 0 Å². The van der Waals surface area contributed by atoms with Crippen molar-refractivity contribution in [2.24, 2.45) is 0 Å². The number of aromatic nitrogens is 1. The molecule has 110 valence electrons. The van der Waals surface area contributed by atoms with Gasteiger partial charge in [0.05, 0.1) is 0 Å². The molecule has 21 heavy (non-hydrogen) atoms. The number of pyridine rings is 1. The van der Waals surface area contributed by atoms with E-state index in [1.165, 1.54) is 5.56 Å². The number of halogens is 1. The van der Waals surface area contributed by atoms with Gasteiger partial charge in [-0.2, -0.15) is 0 Å². The quantitative estimate of drug-likeness (QED) is 0.941. The van der Waals surface area contributed by atoms with Crippen LogP contribution in [0.3, 0.4) is 0 Å². The van der Waals surface area contributed by atoms with Crippen molar-refractivity contribution >= 4 is 11.6 Å². The molecule has 1 aliphatic rings. The lowest BCUT2D eigenvalue weighted by Gasteiger charge is -2.35. The van der Waals surface area contributed by atoms with E-state index in [4.69, 9.17) is 11.6 Å². The maximum absolute atomic E-state index is 6.44. The number of benzene rings is 1. The molecule has 3 nitrogen and oxygen atoms in total. The molecule has 1 saturated heterocycles. The molecule has 0 saturated carbocycles. The van der Waals surface area contributed by atoms with Crippen LogP contribution in [-0.2, 0) is 6.42 Å². The molecule has 1 unspecified atom stereocenters. The van der Waals surface area contributed by atoms with Crippen LogP contribution in [0.4, 0.5) is 0 Å². The summed E-state index contributed by atoms with van der Waals surface area (Å²) >= 11 is 6.44. The zero-order valence-corrected chi connectivity index (χ0v) is 12.8. The molecule has 2 heterocycles. The molecule has 4 heteroatoms. The topological polar surface area (TPSA) is 28.2 Å². The lowest BCUT2D eigenvalue weighted by molar-refractivity contribution is 0.171. The highest BCUT2D eigenvalue weighted by Gasteiger charge is 2.24. The highest BCUT2D eigenvalue weighted by molar-refractivity contribution is 6.31. The third-order valence-corrected chi connectivity index (χ3v) is 4.33. The average Bonchev–Trinajstić information content (AvgIpc) is 2.55. The minimum atomic E-state index is 0.288. The molecule has 3 rings (SSSR count). The van der Waals surface area contributed by atoms with E-state index in [1.807, 2.05) is 30.5 Å². The van der Waals surface area contributed by atoms with E-state index in [-0.39, 0.29) is 6.04 Å². The van der Waals surface area contributed by atoms with Crippen LogP contribution in [0, 0.1) is 0 Å². The minimum absolute atomic E-state index is 0.288. The average molecular weight is 302 g/mol. The highest BCUT2D eigenvalue weighted by atomic mass is 35.5. The Labute approximate surface area is 131 Å². The molecule has 1 N–H and O–H groups in total. The fraction of sp³-hybridized carbons (Fsp3) is 0.353. The summed E-state index contributed by atoms with van der Waals surface area (Å²) in [6.07, 6.45) is 2.75. The standard InChI is InChI=1S/C17H20ClN3/c18-16-7-2-1-6-15(16)17(21-11-9-19-10-12-21)13-14-5-3-4-8-20-14/h1-8,17,19H,9-13H2. The zero-order valence-electron chi connectivity index (χ0n) is 12.0. The molecular weight excluding hydrogens is 282 g/mol. The summed E-state index contributed by atoms with van der Waals surface area (Å²) in [6.45, 7) is 4.15. The lowest BCUT2D eigenvalue weighted by Crippen LogP contribution is -2.45. The summed E-state index contributed by atoms with van der Waals surface area (Å²) in [6, 6.07) is 14.5. The van der Waals surface area contributed by atoms with Crippen LogP contribution in [0.5, 0.6) is 0 Å². The van der Waals surface area contributed by atoms with E-state index in [1.54, 1.807) is 0 Å². The van der Waals surface area contributed by atoms with Gasteiger partial charge in [-0.15, -0.1) is 0 Å². The van der Waals surface area contributed by atoms with Gasteiger partial charge in [-0.1, -0.05) is 35.9 Å². The van der Waals surface area contributed by atoms with Crippen molar-refractivity contribution < 1.29 is 0 Å². The first-order valence-corrected chi connectivity index (χ1v) is 7.81. The van der Waals surface area contributed by atoms with E-state index in [0.717, 1.165) is 43.3 Å². The summed E-state index contributed by atoms with van der Waals surface area (Å²) < 4.78 is 0. The molecule has 1 aliphatic heterocycles. The lowest BCUT2D eigenvalue weighted by atomic mass is 9.99. The van der Waals surface area contributed by atoms with E-state index in [9.17, 15) is 0 Å². The first-order valence-electron chi connectivity index (χ1n) is 7.44. The molecule has 2 aromatic rings. The Morgan fingerprint density at radius 2 is 1.86 bits per heavy atom. The second-order valence-electron chi connectivity index (χ2n) is 5.35. The fourth-order valence-electron chi connectivity index (χ4n) is 2.89. The molecule has 1 fully saturated rings. The van der Waals surface area contributed by atoms with Crippen LogP contribution in [0.2, 0.25) is 5.02 Å². The van der Waals surface area contributed by atoms with Crippen LogP contribution in [0.25, 0.3) is 0 Å². The maximum Gasteiger partial charge on any atom is 0.0454 e. The Morgan fingerprint density at radius 3 is 2.57 bits per heavy atom. The molecule has 1 aromatic heterocycles. The van der Waals surface area contributed by atoms with E-state index in [0.29, 0.717) is 0 Å².